The Morgan fingerprint density at radius 2 is 2.33 bits per heavy atom. The molecule has 0 aliphatic carbocycles. The van der Waals surface area contributed by atoms with E-state index >= 15 is 0 Å². The number of carbonyl (C=O) groups is 1. The summed E-state index contributed by atoms with van der Waals surface area (Å²) in [5.74, 6) is 2.57. The molecule has 0 radical (unpaired) electrons. The van der Waals surface area contributed by atoms with Crippen LogP contribution in [0.25, 0.3) is 0 Å². The third-order valence-electron chi connectivity index (χ3n) is 2.01. The van der Waals surface area contributed by atoms with Crippen molar-refractivity contribution in [2.45, 2.75) is 20.3 Å². The van der Waals surface area contributed by atoms with Gasteiger partial charge in [0.15, 0.2) is 0 Å². The Balaban J connectivity index is 2.76. The van der Waals surface area contributed by atoms with Gasteiger partial charge >= 0.3 is 0 Å². The minimum absolute atomic E-state index is 0.0490. The summed E-state index contributed by atoms with van der Waals surface area (Å²) < 4.78 is 0. The third kappa shape index (κ3) is 3.10. The maximum absolute atomic E-state index is 12.0. The van der Waals surface area contributed by atoms with Gasteiger partial charge in [0.2, 0.25) is 0 Å². The standard InChI is InChI=1S/C12H15NOS/c1-4-8-13(9-5-2)12(14)11-7-6-10(3)15-11/h1,6-7H,5,8-9H2,2-3H3. The number of carbonyl (C=O) groups excluding carboxylic acids is 1. The second kappa shape index (κ2) is 5.57. The van der Waals surface area contributed by atoms with Gasteiger partial charge in [-0.3, -0.25) is 4.79 Å². The fourth-order valence-electron chi connectivity index (χ4n) is 1.34. The van der Waals surface area contributed by atoms with Crippen molar-refractivity contribution in [3.8, 4) is 12.3 Å². The second-order valence-electron chi connectivity index (χ2n) is 3.34. The van der Waals surface area contributed by atoms with Crippen molar-refractivity contribution < 1.29 is 4.79 Å². The molecule has 80 valence electrons. The minimum Gasteiger partial charge on any atom is -0.327 e. The molecule has 1 amide bonds. The zero-order valence-corrected chi connectivity index (χ0v) is 9.93. The summed E-state index contributed by atoms with van der Waals surface area (Å²) in [6.07, 6.45) is 6.17. The average molecular weight is 221 g/mol. The first-order valence-corrected chi connectivity index (χ1v) is 5.79. The highest BCUT2D eigenvalue weighted by atomic mass is 32.1. The Morgan fingerprint density at radius 3 is 2.80 bits per heavy atom. The average Bonchev–Trinajstić information content (AvgIpc) is 2.63. The fourth-order valence-corrected chi connectivity index (χ4v) is 2.17. The molecule has 0 N–H and O–H groups in total. The summed E-state index contributed by atoms with van der Waals surface area (Å²) in [5, 5.41) is 0. The molecule has 0 saturated heterocycles. The number of terminal acetylenes is 1. The highest BCUT2D eigenvalue weighted by molar-refractivity contribution is 7.13. The highest BCUT2D eigenvalue weighted by Gasteiger charge is 2.15. The van der Waals surface area contributed by atoms with Crippen LogP contribution in [0.1, 0.15) is 27.9 Å². The van der Waals surface area contributed by atoms with Gasteiger partial charge in [-0.25, -0.2) is 0 Å². The van der Waals surface area contributed by atoms with Crippen LogP contribution in [0.5, 0.6) is 0 Å². The topological polar surface area (TPSA) is 20.3 Å². The van der Waals surface area contributed by atoms with Gasteiger partial charge < -0.3 is 4.90 Å². The number of amides is 1. The molecule has 0 aromatic carbocycles. The molecule has 0 aliphatic rings. The van der Waals surface area contributed by atoms with Crippen LogP contribution >= 0.6 is 11.3 Å². The Kier molecular flexibility index (Phi) is 4.38. The number of aryl methyl sites for hydroxylation is 1. The molecule has 0 spiro atoms. The Morgan fingerprint density at radius 1 is 1.60 bits per heavy atom. The number of rotatable bonds is 4. The first-order valence-electron chi connectivity index (χ1n) is 4.98. The van der Waals surface area contributed by atoms with Crippen molar-refractivity contribution >= 4 is 17.2 Å². The van der Waals surface area contributed by atoms with Gasteiger partial charge in [-0.15, -0.1) is 17.8 Å². The lowest BCUT2D eigenvalue weighted by Gasteiger charge is -2.18. The van der Waals surface area contributed by atoms with Gasteiger partial charge in [-0.05, 0) is 25.5 Å². The van der Waals surface area contributed by atoms with Crippen LogP contribution in [0.3, 0.4) is 0 Å². The van der Waals surface area contributed by atoms with E-state index in [9.17, 15) is 4.79 Å². The zero-order valence-electron chi connectivity index (χ0n) is 9.12. The Bertz CT molecular complexity index is 375. The van der Waals surface area contributed by atoms with E-state index in [0.717, 1.165) is 22.7 Å². The molecule has 1 aromatic heterocycles. The molecule has 1 aromatic rings. The van der Waals surface area contributed by atoms with Crippen molar-refractivity contribution in [1.29, 1.82) is 0 Å². The van der Waals surface area contributed by atoms with Gasteiger partial charge in [0.05, 0.1) is 11.4 Å². The van der Waals surface area contributed by atoms with Gasteiger partial charge in [-0.2, -0.15) is 0 Å². The third-order valence-corrected chi connectivity index (χ3v) is 3.00. The van der Waals surface area contributed by atoms with Crippen molar-refractivity contribution in [2.24, 2.45) is 0 Å². The predicted molar refractivity (Wildman–Crippen MR) is 64.1 cm³/mol. The normalized spacial score (nSPS) is 9.67. The van der Waals surface area contributed by atoms with Gasteiger partial charge in [-0.1, -0.05) is 12.8 Å². The molecule has 1 heterocycles. The second-order valence-corrected chi connectivity index (χ2v) is 4.63. The molecule has 1 rings (SSSR count). The summed E-state index contributed by atoms with van der Waals surface area (Å²) in [7, 11) is 0. The molecule has 0 bridgehead atoms. The smallest absolute Gasteiger partial charge is 0.264 e. The maximum atomic E-state index is 12.0. The van der Waals surface area contributed by atoms with Crippen molar-refractivity contribution in [3.05, 3.63) is 21.9 Å². The van der Waals surface area contributed by atoms with Crippen LogP contribution in [-0.2, 0) is 0 Å². The number of hydrogen-bond acceptors (Lipinski definition) is 2. The molecule has 0 saturated carbocycles. The van der Waals surface area contributed by atoms with Crippen LogP contribution in [-0.4, -0.2) is 23.9 Å². The summed E-state index contributed by atoms with van der Waals surface area (Å²) in [4.78, 5) is 15.6. The molecule has 3 heteroatoms. The van der Waals surface area contributed by atoms with Crippen molar-refractivity contribution in [1.82, 2.24) is 4.90 Å². The monoisotopic (exact) mass is 221 g/mol. The lowest BCUT2D eigenvalue weighted by Crippen LogP contribution is -2.31. The van der Waals surface area contributed by atoms with E-state index in [0.29, 0.717) is 6.54 Å². The molecule has 0 unspecified atom stereocenters. The number of thiophene rings is 1. The van der Waals surface area contributed by atoms with E-state index in [1.54, 1.807) is 4.90 Å². The van der Waals surface area contributed by atoms with Crippen LogP contribution < -0.4 is 0 Å². The summed E-state index contributed by atoms with van der Waals surface area (Å²) in [5.41, 5.74) is 0. The Hall–Kier alpha value is -1.27. The fraction of sp³-hybridized carbons (Fsp3) is 0.417. The van der Waals surface area contributed by atoms with E-state index in [1.165, 1.54) is 11.3 Å². The molecule has 0 fully saturated rings. The van der Waals surface area contributed by atoms with Crippen molar-refractivity contribution in [3.63, 3.8) is 0 Å². The SMILES string of the molecule is C#CCN(CCC)C(=O)c1ccc(C)s1. The van der Waals surface area contributed by atoms with E-state index in [-0.39, 0.29) is 5.91 Å². The largest absolute Gasteiger partial charge is 0.327 e. The van der Waals surface area contributed by atoms with Crippen LogP contribution in [0.15, 0.2) is 12.1 Å². The summed E-state index contributed by atoms with van der Waals surface area (Å²) >= 11 is 1.52. The first kappa shape index (κ1) is 11.8. The molecule has 0 atom stereocenters. The molecule has 15 heavy (non-hydrogen) atoms. The van der Waals surface area contributed by atoms with E-state index in [4.69, 9.17) is 6.42 Å². The first-order chi connectivity index (χ1) is 7.19. The van der Waals surface area contributed by atoms with Crippen LogP contribution in [0, 0.1) is 19.3 Å². The van der Waals surface area contributed by atoms with Gasteiger partial charge in [0.25, 0.3) is 5.91 Å². The summed E-state index contributed by atoms with van der Waals surface area (Å²) in [6, 6.07) is 3.82. The van der Waals surface area contributed by atoms with Gasteiger partial charge in [0.1, 0.15) is 0 Å². The number of nitrogens with zero attached hydrogens (tertiary/aromatic N) is 1. The highest BCUT2D eigenvalue weighted by Crippen LogP contribution is 2.17. The predicted octanol–water partition coefficient (Wildman–Crippen LogP) is 2.54. The van der Waals surface area contributed by atoms with E-state index < -0.39 is 0 Å². The molecule has 0 aliphatic heterocycles. The van der Waals surface area contributed by atoms with Gasteiger partial charge in [0, 0.05) is 11.4 Å². The zero-order chi connectivity index (χ0) is 11.3. The molecule has 2 nitrogen and oxygen atoms in total. The minimum atomic E-state index is 0.0490. The number of hydrogen-bond donors (Lipinski definition) is 0. The lowest BCUT2D eigenvalue weighted by atomic mass is 10.3. The maximum Gasteiger partial charge on any atom is 0.264 e. The molecular formula is C12H15NOS. The van der Waals surface area contributed by atoms with Crippen LogP contribution in [0.2, 0.25) is 0 Å². The van der Waals surface area contributed by atoms with Crippen LogP contribution in [0.4, 0.5) is 0 Å². The van der Waals surface area contributed by atoms with E-state index in [2.05, 4.69) is 5.92 Å². The summed E-state index contributed by atoms with van der Waals surface area (Å²) in [6.45, 7) is 5.15. The van der Waals surface area contributed by atoms with Crippen molar-refractivity contribution in [2.75, 3.05) is 13.1 Å². The Labute approximate surface area is 94.9 Å². The van der Waals surface area contributed by atoms with E-state index in [1.807, 2.05) is 26.0 Å². The lowest BCUT2D eigenvalue weighted by molar-refractivity contribution is 0.0781. The quantitative estimate of drug-likeness (QED) is 0.715. The molecular weight excluding hydrogens is 206 g/mol.